The number of likely N-dealkylation sites (tertiary alicyclic amines) is 1. The maximum atomic E-state index is 12.7. The molecule has 2 heterocycles. The molecule has 132 valence electrons. The lowest BCUT2D eigenvalue weighted by molar-refractivity contribution is 0.0281. The number of benzene rings is 1. The summed E-state index contributed by atoms with van der Waals surface area (Å²) in [5.74, 6) is 0.611. The Hall–Kier alpha value is -1.30. The summed E-state index contributed by atoms with van der Waals surface area (Å²) in [4.78, 5) is 14.6. The van der Waals surface area contributed by atoms with Crippen molar-refractivity contribution in [1.82, 2.24) is 4.90 Å². The zero-order valence-electron chi connectivity index (χ0n) is 14.2. The summed E-state index contributed by atoms with van der Waals surface area (Å²) in [5, 5.41) is 0.462. The third-order valence-corrected chi connectivity index (χ3v) is 5.44. The van der Waals surface area contributed by atoms with Gasteiger partial charge in [0.05, 0.1) is 31.5 Å². The second-order valence-electron chi connectivity index (χ2n) is 6.73. The molecule has 0 bridgehead atoms. The van der Waals surface area contributed by atoms with Gasteiger partial charge in [-0.1, -0.05) is 11.6 Å². The molecule has 2 saturated heterocycles. The standard InChI is InChI=1S/C18H24ClNO4/c1-22-11-14-10-18(12-24-14)5-7-20(8-6-18)17(21)13-3-4-16(23-2)15(19)9-13/h3-4,9,14H,5-8,10-12H2,1-2H3/t14-/m0/s1. The summed E-state index contributed by atoms with van der Waals surface area (Å²) < 4.78 is 16.2. The van der Waals surface area contributed by atoms with Gasteiger partial charge in [0, 0.05) is 25.8 Å². The Morgan fingerprint density at radius 3 is 2.75 bits per heavy atom. The summed E-state index contributed by atoms with van der Waals surface area (Å²) in [6.07, 6.45) is 3.17. The molecule has 0 aromatic heterocycles. The van der Waals surface area contributed by atoms with E-state index in [-0.39, 0.29) is 17.4 Å². The first-order chi connectivity index (χ1) is 11.6. The molecule has 0 aliphatic carbocycles. The first-order valence-electron chi connectivity index (χ1n) is 8.30. The van der Waals surface area contributed by atoms with E-state index in [1.165, 1.54) is 0 Å². The number of piperidine rings is 1. The fraction of sp³-hybridized carbons (Fsp3) is 0.611. The van der Waals surface area contributed by atoms with Crippen molar-refractivity contribution in [2.45, 2.75) is 25.4 Å². The normalized spacial score (nSPS) is 22.8. The van der Waals surface area contributed by atoms with Gasteiger partial charge in [0.25, 0.3) is 5.91 Å². The van der Waals surface area contributed by atoms with Crippen molar-refractivity contribution in [3.05, 3.63) is 28.8 Å². The number of nitrogens with zero attached hydrogens (tertiary/aromatic N) is 1. The van der Waals surface area contributed by atoms with Crippen molar-refractivity contribution in [3.8, 4) is 5.75 Å². The molecule has 1 spiro atoms. The lowest BCUT2D eigenvalue weighted by atomic mass is 9.76. The van der Waals surface area contributed by atoms with Gasteiger partial charge in [-0.3, -0.25) is 4.79 Å². The van der Waals surface area contributed by atoms with Gasteiger partial charge in [-0.25, -0.2) is 0 Å². The maximum absolute atomic E-state index is 12.7. The van der Waals surface area contributed by atoms with Crippen LogP contribution in [-0.2, 0) is 9.47 Å². The number of rotatable bonds is 4. The fourth-order valence-corrected chi connectivity index (χ4v) is 3.96. The Kier molecular flexibility index (Phi) is 5.33. The average molecular weight is 354 g/mol. The monoisotopic (exact) mass is 353 g/mol. The molecule has 0 unspecified atom stereocenters. The van der Waals surface area contributed by atoms with Crippen molar-refractivity contribution < 1.29 is 19.0 Å². The lowest BCUT2D eigenvalue weighted by Gasteiger charge is -2.38. The van der Waals surface area contributed by atoms with Crippen LogP contribution in [0.1, 0.15) is 29.6 Å². The molecular weight excluding hydrogens is 330 g/mol. The maximum Gasteiger partial charge on any atom is 0.253 e. The molecule has 1 aromatic rings. The van der Waals surface area contributed by atoms with Crippen LogP contribution in [0.25, 0.3) is 0 Å². The SMILES string of the molecule is COC[C@@H]1CC2(CCN(C(=O)c3ccc(OC)c(Cl)c3)CC2)CO1. The number of carbonyl (C=O) groups excluding carboxylic acids is 1. The molecule has 1 atom stereocenters. The van der Waals surface area contributed by atoms with Gasteiger partial charge in [0.1, 0.15) is 5.75 Å². The predicted molar refractivity (Wildman–Crippen MR) is 91.8 cm³/mol. The Morgan fingerprint density at radius 1 is 1.38 bits per heavy atom. The van der Waals surface area contributed by atoms with Crippen LogP contribution < -0.4 is 4.74 Å². The highest BCUT2D eigenvalue weighted by atomic mass is 35.5. The van der Waals surface area contributed by atoms with E-state index in [1.807, 2.05) is 4.90 Å². The number of hydrogen-bond donors (Lipinski definition) is 0. The van der Waals surface area contributed by atoms with Crippen molar-refractivity contribution in [1.29, 1.82) is 0 Å². The largest absolute Gasteiger partial charge is 0.495 e. The summed E-state index contributed by atoms with van der Waals surface area (Å²) in [7, 11) is 3.27. The molecule has 5 nitrogen and oxygen atoms in total. The van der Waals surface area contributed by atoms with Crippen molar-refractivity contribution in [2.75, 3.05) is 40.5 Å². The third kappa shape index (κ3) is 3.53. The van der Waals surface area contributed by atoms with E-state index in [1.54, 1.807) is 32.4 Å². The van der Waals surface area contributed by atoms with Crippen molar-refractivity contribution in [3.63, 3.8) is 0 Å². The molecule has 0 radical (unpaired) electrons. The zero-order valence-corrected chi connectivity index (χ0v) is 15.0. The highest BCUT2D eigenvalue weighted by Crippen LogP contribution is 2.42. The molecule has 2 aliphatic heterocycles. The Labute approximate surface area is 147 Å². The van der Waals surface area contributed by atoms with E-state index in [9.17, 15) is 4.79 Å². The van der Waals surface area contributed by atoms with E-state index in [2.05, 4.69) is 0 Å². The van der Waals surface area contributed by atoms with Crippen LogP contribution in [0.2, 0.25) is 5.02 Å². The first kappa shape index (κ1) is 17.5. The summed E-state index contributed by atoms with van der Waals surface area (Å²) in [6, 6.07) is 5.19. The highest BCUT2D eigenvalue weighted by molar-refractivity contribution is 6.32. The molecule has 1 aromatic carbocycles. The molecular formula is C18H24ClNO4. The number of hydrogen-bond acceptors (Lipinski definition) is 4. The van der Waals surface area contributed by atoms with Crippen LogP contribution in [0, 0.1) is 5.41 Å². The van der Waals surface area contributed by atoms with Crippen LogP contribution in [0.4, 0.5) is 0 Å². The second-order valence-corrected chi connectivity index (χ2v) is 7.14. The van der Waals surface area contributed by atoms with Gasteiger partial charge in [0.2, 0.25) is 0 Å². The minimum atomic E-state index is 0.0294. The zero-order chi connectivity index (χ0) is 17.2. The predicted octanol–water partition coefficient (Wildman–Crippen LogP) is 3.01. The minimum absolute atomic E-state index is 0.0294. The van der Waals surface area contributed by atoms with Gasteiger partial charge < -0.3 is 19.1 Å². The van der Waals surface area contributed by atoms with Gasteiger partial charge >= 0.3 is 0 Å². The van der Waals surface area contributed by atoms with Crippen LogP contribution in [-0.4, -0.2) is 57.4 Å². The topological polar surface area (TPSA) is 48.0 Å². The van der Waals surface area contributed by atoms with Crippen LogP contribution >= 0.6 is 11.6 Å². The van der Waals surface area contributed by atoms with E-state index >= 15 is 0 Å². The van der Waals surface area contributed by atoms with Crippen molar-refractivity contribution >= 4 is 17.5 Å². The smallest absolute Gasteiger partial charge is 0.253 e. The summed E-state index contributed by atoms with van der Waals surface area (Å²) >= 11 is 6.13. The van der Waals surface area contributed by atoms with Gasteiger partial charge in [-0.15, -0.1) is 0 Å². The number of methoxy groups -OCH3 is 2. The minimum Gasteiger partial charge on any atom is -0.495 e. The number of ether oxygens (including phenoxy) is 3. The second kappa shape index (κ2) is 7.30. The average Bonchev–Trinajstić information content (AvgIpc) is 2.98. The highest BCUT2D eigenvalue weighted by Gasteiger charge is 2.43. The molecule has 6 heteroatoms. The number of amides is 1. The van der Waals surface area contributed by atoms with E-state index in [0.717, 1.165) is 39.0 Å². The van der Waals surface area contributed by atoms with Crippen LogP contribution in [0.3, 0.4) is 0 Å². The molecule has 3 rings (SSSR count). The number of halogens is 1. The fourth-order valence-electron chi connectivity index (χ4n) is 3.70. The molecule has 0 N–H and O–H groups in total. The number of carbonyl (C=O) groups is 1. The van der Waals surface area contributed by atoms with Gasteiger partial charge in [0.15, 0.2) is 0 Å². The van der Waals surface area contributed by atoms with Crippen LogP contribution in [0.5, 0.6) is 5.75 Å². The van der Waals surface area contributed by atoms with E-state index in [0.29, 0.717) is 22.9 Å². The molecule has 0 saturated carbocycles. The molecule has 24 heavy (non-hydrogen) atoms. The summed E-state index contributed by atoms with van der Waals surface area (Å²) in [6.45, 7) is 2.93. The molecule has 2 fully saturated rings. The Balaban J connectivity index is 1.60. The Morgan fingerprint density at radius 2 is 2.12 bits per heavy atom. The molecule has 1 amide bonds. The quantitative estimate of drug-likeness (QED) is 0.834. The first-order valence-corrected chi connectivity index (χ1v) is 8.68. The van der Waals surface area contributed by atoms with Crippen LogP contribution in [0.15, 0.2) is 18.2 Å². The molecule has 2 aliphatic rings. The van der Waals surface area contributed by atoms with E-state index in [4.69, 9.17) is 25.8 Å². The lowest BCUT2D eigenvalue weighted by Crippen LogP contribution is -2.43. The van der Waals surface area contributed by atoms with Gasteiger partial charge in [-0.05, 0) is 42.9 Å². The van der Waals surface area contributed by atoms with Crippen molar-refractivity contribution in [2.24, 2.45) is 5.41 Å². The Bertz CT molecular complexity index is 599. The summed E-state index contributed by atoms with van der Waals surface area (Å²) in [5.41, 5.74) is 0.814. The van der Waals surface area contributed by atoms with E-state index < -0.39 is 0 Å². The van der Waals surface area contributed by atoms with Gasteiger partial charge in [-0.2, -0.15) is 0 Å². The third-order valence-electron chi connectivity index (χ3n) is 5.15.